The zero-order valence-electron chi connectivity index (χ0n) is 12.4. The van der Waals surface area contributed by atoms with Crippen molar-refractivity contribution in [1.82, 2.24) is 10.6 Å². The Morgan fingerprint density at radius 1 is 1.38 bits per heavy atom. The van der Waals surface area contributed by atoms with Crippen LogP contribution in [0.1, 0.15) is 35.5 Å². The standard InChI is InChI=1S/C15H21N3O2S/c1-11(2)9-18-14(19)5-7-17-15(20)12-8-13(21-10-12)4-3-6-16/h8,10-11H,5-7,9,16H2,1-2H3,(H,17,20)(H,18,19). The third kappa shape index (κ3) is 6.93. The third-order valence-electron chi connectivity index (χ3n) is 2.52. The van der Waals surface area contributed by atoms with Gasteiger partial charge in [0, 0.05) is 24.9 Å². The second-order valence-electron chi connectivity index (χ2n) is 4.91. The molecule has 0 bridgehead atoms. The van der Waals surface area contributed by atoms with Crippen LogP contribution in [0.2, 0.25) is 0 Å². The van der Waals surface area contributed by atoms with Crippen molar-refractivity contribution < 1.29 is 9.59 Å². The molecule has 0 atom stereocenters. The van der Waals surface area contributed by atoms with Gasteiger partial charge in [0.05, 0.1) is 17.0 Å². The van der Waals surface area contributed by atoms with Crippen molar-refractivity contribution in [1.29, 1.82) is 0 Å². The molecule has 1 aromatic rings. The summed E-state index contributed by atoms with van der Waals surface area (Å²) in [6, 6.07) is 1.72. The lowest BCUT2D eigenvalue weighted by molar-refractivity contribution is -0.121. The van der Waals surface area contributed by atoms with Crippen LogP contribution >= 0.6 is 11.3 Å². The van der Waals surface area contributed by atoms with Crippen molar-refractivity contribution in [3.05, 3.63) is 21.9 Å². The fourth-order valence-electron chi connectivity index (χ4n) is 1.46. The molecule has 0 aromatic carbocycles. The zero-order chi connectivity index (χ0) is 15.7. The van der Waals surface area contributed by atoms with Gasteiger partial charge in [-0.25, -0.2) is 0 Å². The summed E-state index contributed by atoms with van der Waals surface area (Å²) in [6.45, 7) is 5.33. The Morgan fingerprint density at radius 3 is 2.81 bits per heavy atom. The number of amides is 2. The van der Waals surface area contributed by atoms with Gasteiger partial charge in [-0.15, -0.1) is 11.3 Å². The normalized spacial score (nSPS) is 9.90. The predicted octanol–water partition coefficient (Wildman–Crippen LogP) is 0.950. The lowest BCUT2D eigenvalue weighted by Crippen LogP contribution is -2.32. The van der Waals surface area contributed by atoms with E-state index in [-0.39, 0.29) is 18.2 Å². The van der Waals surface area contributed by atoms with E-state index < -0.39 is 0 Å². The van der Waals surface area contributed by atoms with E-state index in [1.807, 2.05) is 13.8 Å². The van der Waals surface area contributed by atoms with E-state index in [1.165, 1.54) is 11.3 Å². The molecule has 1 rings (SSSR count). The molecule has 1 aromatic heterocycles. The minimum Gasteiger partial charge on any atom is -0.356 e. The summed E-state index contributed by atoms with van der Waals surface area (Å²) >= 11 is 1.40. The molecule has 6 heteroatoms. The number of carbonyl (C=O) groups excluding carboxylic acids is 2. The monoisotopic (exact) mass is 307 g/mol. The van der Waals surface area contributed by atoms with Gasteiger partial charge in [-0.3, -0.25) is 9.59 Å². The second-order valence-corrected chi connectivity index (χ2v) is 5.82. The topological polar surface area (TPSA) is 84.2 Å². The van der Waals surface area contributed by atoms with Crippen molar-refractivity contribution in [3.8, 4) is 11.8 Å². The Labute approximate surface area is 129 Å². The lowest BCUT2D eigenvalue weighted by atomic mass is 10.2. The molecule has 0 aliphatic carbocycles. The third-order valence-corrected chi connectivity index (χ3v) is 3.37. The van der Waals surface area contributed by atoms with E-state index in [2.05, 4.69) is 22.5 Å². The van der Waals surface area contributed by atoms with Crippen molar-refractivity contribution >= 4 is 23.2 Å². The molecule has 0 radical (unpaired) electrons. The van der Waals surface area contributed by atoms with Crippen LogP contribution in [0, 0.1) is 17.8 Å². The van der Waals surface area contributed by atoms with E-state index >= 15 is 0 Å². The highest BCUT2D eigenvalue weighted by Gasteiger charge is 2.08. The van der Waals surface area contributed by atoms with Gasteiger partial charge in [0.1, 0.15) is 0 Å². The molecular formula is C15H21N3O2S. The summed E-state index contributed by atoms with van der Waals surface area (Å²) in [5.74, 6) is 5.80. The molecule has 2 amide bonds. The van der Waals surface area contributed by atoms with Gasteiger partial charge in [-0.2, -0.15) is 0 Å². The highest BCUT2D eigenvalue weighted by molar-refractivity contribution is 7.10. The first-order valence-electron chi connectivity index (χ1n) is 6.85. The van der Waals surface area contributed by atoms with Gasteiger partial charge in [0.2, 0.25) is 5.91 Å². The van der Waals surface area contributed by atoms with E-state index in [0.29, 0.717) is 31.1 Å². The van der Waals surface area contributed by atoms with Crippen LogP contribution in [0.3, 0.4) is 0 Å². The summed E-state index contributed by atoms with van der Waals surface area (Å²) < 4.78 is 0. The van der Waals surface area contributed by atoms with Crippen LogP contribution in [0.4, 0.5) is 0 Å². The summed E-state index contributed by atoms with van der Waals surface area (Å²) in [4.78, 5) is 24.2. The van der Waals surface area contributed by atoms with E-state index in [9.17, 15) is 9.59 Å². The minimum absolute atomic E-state index is 0.0520. The number of nitrogens with two attached hydrogens (primary N) is 1. The Hall–Kier alpha value is -1.84. The van der Waals surface area contributed by atoms with Gasteiger partial charge in [-0.1, -0.05) is 25.7 Å². The maximum absolute atomic E-state index is 11.9. The smallest absolute Gasteiger partial charge is 0.252 e. The van der Waals surface area contributed by atoms with E-state index in [0.717, 1.165) is 4.88 Å². The van der Waals surface area contributed by atoms with Gasteiger partial charge >= 0.3 is 0 Å². The first-order valence-corrected chi connectivity index (χ1v) is 7.73. The molecule has 1 heterocycles. The summed E-state index contributed by atoms with van der Waals surface area (Å²) in [7, 11) is 0. The van der Waals surface area contributed by atoms with E-state index in [1.54, 1.807) is 11.4 Å². The Morgan fingerprint density at radius 2 is 2.14 bits per heavy atom. The van der Waals surface area contributed by atoms with Crippen LogP contribution in [0.15, 0.2) is 11.4 Å². The first kappa shape index (κ1) is 17.2. The van der Waals surface area contributed by atoms with Crippen LogP contribution in [-0.4, -0.2) is 31.4 Å². The van der Waals surface area contributed by atoms with Crippen LogP contribution < -0.4 is 16.4 Å². The van der Waals surface area contributed by atoms with Gasteiger partial charge < -0.3 is 16.4 Å². The molecular weight excluding hydrogens is 286 g/mol. The lowest BCUT2D eigenvalue weighted by Gasteiger charge is -2.07. The molecule has 0 saturated carbocycles. The van der Waals surface area contributed by atoms with Crippen molar-refractivity contribution in [2.24, 2.45) is 11.7 Å². The maximum Gasteiger partial charge on any atom is 0.252 e. The van der Waals surface area contributed by atoms with Crippen LogP contribution in [0.5, 0.6) is 0 Å². The molecule has 21 heavy (non-hydrogen) atoms. The average molecular weight is 307 g/mol. The SMILES string of the molecule is CC(C)CNC(=O)CCNC(=O)c1csc(C#CCN)c1. The fourth-order valence-corrected chi connectivity index (χ4v) is 2.21. The van der Waals surface area contributed by atoms with Gasteiger partial charge in [0.15, 0.2) is 0 Å². The number of hydrogen-bond acceptors (Lipinski definition) is 4. The van der Waals surface area contributed by atoms with Crippen molar-refractivity contribution in [2.75, 3.05) is 19.6 Å². The van der Waals surface area contributed by atoms with Crippen LogP contribution in [-0.2, 0) is 4.79 Å². The molecule has 0 fully saturated rings. The molecule has 0 aliphatic rings. The second kappa shape index (κ2) is 9.16. The number of carbonyl (C=O) groups is 2. The van der Waals surface area contributed by atoms with E-state index in [4.69, 9.17) is 5.73 Å². The summed E-state index contributed by atoms with van der Waals surface area (Å²) in [5.41, 5.74) is 5.85. The zero-order valence-corrected chi connectivity index (χ0v) is 13.2. The minimum atomic E-state index is -0.191. The van der Waals surface area contributed by atoms with Crippen molar-refractivity contribution in [2.45, 2.75) is 20.3 Å². The average Bonchev–Trinajstić information content (AvgIpc) is 2.91. The first-order chi connectivity index (χ1) is 10.0. The molecule has 4 N–H and O–H groups in total. The van der Waals surface area contributed by atoms with Crippen LogP contribution in [0.25, 0.3) is 0 Å². The van der Waals surface area contributed by atoms with Gasteiger partial charge in [0.25, 0.3) is 5.91 Å². The highest BCUT2D eigenvalue weighted by atomic mass is 32.1. The predicted molar refractivity (Wildman–Crippen MR) is 85.0 cm³/mol. The number of hydrogen-bond donors (Lipinski definition) is 3. The number of nitrogens with one attached hydrogen (secondary N) is 2. The van der Waals surface area contributed by atoms with Gasteiger partial charge in [-0.05, 0) is 12.0 Å². The number of thiophene rings is 1. The molecule has 0 aliphatic heterocycles. The molecule has 0 spiro atoms. The van der Waals surface area contributed by atoms with Crippen molar-refractivity contribution in [3.63, 3.8) is 0 Å². The molecule has 5 nitrogen and oxygen atoms in total. The molecule has 0 saturated heterocycles. The Balaban J connectivity index is 2.33. The molecule has 114 valence electrons. The Kier molecular flexibility index (Phi) is 7.51. The molecule has 0 unspecified atom stereocenters. The fraction of sp³-hybridized carbons (Fsp3) is 0.467. The Bertz CT molecular complexity index is 541. The maximum atomic E-state index is 11.9. The number of rotatable bonds is 6. The largest absolute Gasteiger partial charge is 0.356 e. The summed E-state index contributed by atoms with van der Waals surface area (Å²) in [6.07, 6.45) is 0.280. The summed E-state index contributed by atoms with van der Waals surface area (Å²) in [5, 5.41) is 7.27. The highest BCUT2D eigenvalue weighted by Crippen LogP contribution is 2.13. The quantitative estimate of drug-likeness (QED) is 0.684.